The molecule has 0 saturated heterocycles. The monoisotopic (exact) mass is 432 g/mol. The minimum Gasteiger partial charge on any atom is -0.337 e. The van der Waals surface area contributed by atoms with Gasteiger partial charge in [-0.15, -0.1) is 11.3 Å². The van der Waals surface area contributed by atoms with Gasteiger partial charge in [-0.25, -0.2) is 4.98 Å². The number of aromatic nitrogens is 4. The number of benzene rings is 2. The van der Waals surface area contributed by atoms with Crippen LogP contribution in [0.3, 0.4) is 0 Å². The molecule has 30 heavy (non-hydrogen) atoms. The summed E-state index contributed by atoms with van der Waals surface area (Å²) in [6.07, 6.45) is 0. The maximum Gasteiger partial charge on any atom is 0.271 e. The lowest BCUT2D eigenvalue weighted by Gasteiger charge is -2.14. The number of thiophene rings is 1. The Kier molecular flexibility index (Phi) is 4.94. The van der Waals surface area contributed by atoms with Gasteiger partial charge in [-0.2, -0.15) is 4.98 Å². The smallest absolute Gasteiger partial charge is 0.271 e. The lowest BCUT2D eigenvalue weighted by atomic mass is 10.1. The minimum absolute atomic E-state index is 0.0557. The zero-order valence-corrected chi connectivity index (χ0v) is 17.6. The van der Waals surface area contributed by atoms with Crippen LogP contribution in [0.25, 0.3) is 21.6 Å². The fourth-order valence-electron chi connectivity index (χ4n) is 3.11. The average Bonchev–Trinajstić information content (AvgIpc) is 3.46. The fraction of sp³-hybridized carbons (Fsp3) is 0.0909. The number of hydrogen-bond acceptors (Lipinski definition) is 7. The summed E-state index contributed by atoms with van der Waals surface area (Å²) in [5, 5.41) is 6.35. The second kappa shape index (κ2) is 7.89. The third-order valence-corrected chi connectivity index (χ3v) is 6.85. The van der Waals surface area contributed by atoms with Gasteiger partial charge in [0.15, 0.2) is 5.16 Å². The van der Waals surface area contributed by atoms with Gasteiger partial charge in [-0.1, -0.05) is 77.6 Å². The van der Waals surface area contributed by atoms with Crippen molar-refractivity contribution in [2.75, 3.05) is 0 Å². The summed E-state index contributed by atoms with van der Waals surface area (Å²) in [5.41, 5.74) is 2.52. The van der Waals surface area contributed by atoms with Crippen molar-refractivity contribution in [2.45, 2.75) is 10.4 Å². The van der Waals surface area contributed by atoms with Gasteiger partial charge in [0.1, 0.15) is 9.95 Å². The van der Waals surface area contributed by atoms with Crippen LogP contribution in [0.15, 0.2) is 86.6 Å². The van der Waals surface area contributed by atoms with Crippen molar-refractivity contribution in [3.05, 3.63) is 93.9 Å². The van der Waals surface area contributed by atoms with Gasteiger partial charge in [0.2, 0.25) is 11.7 Å². The highest BCUT2D eigenvalue weighted by Crippen LogP contribution is 2.39. The Morgan fingerprint density at radius 2 is 1.73 bits per heavy atom. The molecule has 0 unspecified atom stereocenters. The molecule has 0 aliphatic carbocycles. The van der Waals surface area contributed by atoms with Crippen molar-refractivity contribution in [2.24, 2.45) is 7.05 Å². The summed E-state index contributed by atoms with van der Waals surface area (Å²) in [6.45, 7) is 0. The molecule has 2 aromatic carbocycles. The zero-order chi connectivity index (χ0) is 20.5. The van der Waals surface area contributed by atoms with Gasteiger partial charge in [-0.3, -0.25) is 9.36 Å². The molecular weight excluding hydrogens is 416 g/mol. The summed E-state index contributed by atoms with van der Waals surface area (Å²) in [7, 11) is 1.74. The first-order valence-electron chi connectivity index (χ1n) is 9.25. The normalized spacial score (nSPS) is 12.3. The molecule has 6 nitrogen and oxygen atoms in total. The van der Waals surface area contributed by atoms with E-state index in [1.54, 1.807) is 11.6 Å². The molecule has 148 valence electrons. The lowest BCUT2D eigenvalue weighted by Crippen LogP contribution is -2.19. The molecule has 0 saturated carbocycles. The van der Waals surface area contributed by atoms with Crippen LogP contribution in [0.4, 0.5) is 0 Å². The maximum atomic E-state index is 12.7. The van der Waals surface area contributed by atoms with Crippen molar-refractivity contribution in [3.63, 3.8) is 0 Å². The Hall–Kier alpha value is -3.23. The van der Waals surface area contributed by atoms with Crippen LogP contribution in [-0.2, 0) is 7.05 Å². The van der Waals surface area contributed by atoms with Crippen LogP contribution in [0.5, 0.6) is 0 Å². The van der Waals surface area contributed by atoms with E-state index in [1.165, 1.54) is 23.1 Å². The molecule has 0 aliphatic rings. The van der Waals surface area contributed by atoms with Gasteiger partial charge in [0.25, 0.3) is 5.56 Å². The molecule has 0 radical (unpaired) electrons. The summed E-state index contributed by atoms with van der Waals surface area (Å²) < 4.78 is 7.89. The highest BCUT2D eigenvalue weighted by molar-refractivity contribution is 7.99. The predicted octanol–water partition coefficient (Wildman–Crippen LogP) is 4.93. The highest BCUT2D eigenvalue weighted by Gasteiger charge is 2.25. The molecular formula is C22H16N4O2S2. The Morgan fingerprint density at radius 1 is 1.00 bits per heavy atom. The summed E-state index contributed by atoms with van der Waals surface area (Å²) in [6, 6.07) is 21.5. The third kappa shape index (κ3) is 3.44. The van der Waals surface area contributed by atoms with E-state index in [0.717, 1.165) is 11.1 Å². The topological polar surface area (TPSA) is 73.8 Å². The van der Waals surface area contributed by atoms with Crippen LogP contribution < -0.4 is 5.56 Å². The standard InChI is InChI=1S/C22H16N4O2S2/c1-26-21(27)18-16(12-13-29-18)23-22(26)30-17(14-8-4-2-5-9-14)20-24-19(25-28-20)15-10-6-3-7-11-15/h2-13,17H,1H3/t17-/m1/s1. The van der Waals surface area contributed by atoms with E-state index >= 15 is 0 Å². The number of nitrogens with zero attached hydrogens (tertiary/aromatic N) is 4. The molecule has 5 rings (SSSR count). The number of rotatable bonds is 5. The molecule has 0 N–H and O–H groups in total. The molecule has 1 atom stereocenters. The van der Waals surface area contributed by atoms with E-state index in [2.05, 4.69) is 10.1 Å². The number of thioether (sulfide) groups is 1. The Bertz CT molecular complexity index is 1360. The second-order valence-electron chi connectivity index (χ2n) is 6.62. The predicted molar refractivity (Wildman–Crippen MR) is 119 cm³/mol. The van der Waals surface area contributed by atoms with Crippen molar-refractivity contribution < 1.29 is 4.52 Å². The Labute approximate surface area is 180 Å². The molecule has 3 heterocycles. The number of hydrogen-bond donors (Lipinski definition) is 0. The lowest BCUT2D eigenvalue weighted by molar-refractivity contribution is 0.384. The van der Waals surface area contributed by atoms with Crippen molar-refractivity contribution in [1.82, 2.24) is 19.7 Å². The maximum absolute atomic E-state index is 12.7. The van der Waals surface area contributed by atoms with Gasteiger partial charge in [-0.05, 0) is 17.0 Å². The molecule has 0 fully saturated rings. The second-order valence-corrected chi connectivity index (χ2v) is 8.61. The zero-order valence-electron chi connectivity index (χ0n) is 15.9. The molecule has 8 heteroatoms. The van der Waals surface area contributed by atoms with Crippen LogP contribution in [0.2, 0.25) is 0 Å². The average molecular weight is 433 g/mol. The molecule has 0 bridgehead atoms. The van der Waals surface area contributed by atoms with E-state index in [9.17, 15) is 4.79 Å². The quantitative estimate of drug-likeness (QED) is 0.290. The van der Waals surface area contributed by atoms with Crippen LogP contribution >= 0.6 is 23.1 Å². The van der Waals surface area contributed by atoms with Gasteiger partial charge < -0.3 is 4.52 Å². The van der Waals surface area contributed by atoms with Gasteiger partial charge in [0.05, 0.1) is 5.52 Å². The molecule has 5 aromatic rings. The van der Waals surface area contributed by atoms with Crippen molar-refractivity contribution in [3.8, 4) is 11.4 Å². The molecule has 0 aliphatic heterocycles. The van der Waals surface area contributed by atoms with Crippen molar-refractivity contribution >= 4 is 33.3 Å². The molecule has 0 spiro atoms. The first-order valence-corrected chi connectivity index (χ1v) is 11.0. The highest BCUT2D eigenvalue weighted by atomic mass is 32.2. The fourth-order valence-corrected chi connectivity index (χ4v) is 5.01. The van der Waals surface area contributed by atoms with Gasteiger partial charge >= 0.3 is 0 Å². The Balaban J connectivity index is 1.58. The van der Waals surface area contributed by atoms with Crippen LogP contribution in [-0.4, -0.2) is 19.7 Å². The SMILES string of the molecule is Cn1c(S[C@H](c2ccccc2)c2nc(-c3ccccc3)no2)nc2ccsc2c1=O. The molecule has 0 amide bonds. The van der Waals surface area contributed by atoms with E-state index in [4.69, 9.17) is 9.51 Å². The van der Waals surface area contributed by atoms with E-state index in [0.29, 0.717) is 27.1 Å². The number of fused-ring (bicyclic) bond motifs is 1. The summed E-state index contributed by atoms with van der Waals surface area (Å²) in [5.74, 6) is 0.993. The minimum atomic E-state index is -0.301. The molecule has 3 aromatic heterocycles. The first kappa shape index (κ1) is 18.8. The van der Waals surface area contributed by atoms with Crippen molar-refractivity contribution in [1.29, 1.82) is 0 Å². The first-order chi connectivity index (χ1) is 14.7. The largest absolute Gasteiger partial charge is 0.337 e. The summed E-state index contributed by atoms with van der Waals surface area (Å²) >= 11 is 2.83. The van der Waals surface area contributed by atoms with Gasteiger partial charge in [0, 0.05) is 12.6 Å². The van der Waals surface area contributed by atoms with E-state index in [1.807, 2.05) is 72.1 Å². The van der Waals surface area contributed by atoms with Crippen LogP contribution in [0, 0.1) is 0 Å². The van der Waals surface area contributed by atoms with E-state index in [-0.39, 0.29) is 10.8 Å². The van der Waals surface area contributed by atoms with E-state index < -0.39 is 0 Å². The Morgan fingerprint density at radius 3 is 2.50 bits per heavy atom. The third-order valence-electron chi connectivity index (χ3n) is 4.67. The summed E-state index contributed by atoms with van der Waals surface area (Å²) in [4.78, 5) is 22.1. The van der Waals surface area contributed by atoms with Crippen LogP contribution in [0.1, 0.15) is 16.7 Å².